The van der Waals surface area contributed by atoms with E-state index in [-0.39, 0.29) is 5.69 Å². The maximum absolute atomic E-state index is 10.8. The van der Waals surface area contributed by atoms with Gasteiger partial charge in [0.05, 0.1) is 5.69 Å². The Labute approximate surface area is 89.4 Å². The van der Waals surface area contributed by atoms with Crippen molar-refractivity contribution in [3.63, 3.8) is 0 Å². The Morgan fingerprint density at radius 1 is 1.40 bits per heavy atom. The molecule has 0 saturated carbocycles. The highest BCUT2D eigenvalue weighted by Crippen LogP contribution is 2.20. The first-order valence-corrected chi connectivity index (χ1v) is 5.00. The van der Waals surface area contributed by atoms with Crippen LogP contribution in [0.3, 0.4) is 0 Å². The molecule has 0 fully saturated rings. The molecule has 2 aromatic heterocycles. The number of hydrogen-bond donors (Lipinski definition) is 2. The Hall–Kier alpha value is -1.95. The average molecular weight is 221 g/mol. The summed E-state index contributed by atoms with van der Waals surface area (Å²) in [6.45, 7) is 0. The number of hydrogen-bond acceptors (Lipinski definition) is 5. The second kappa shape index (κ2) is 4.05. The van der Waals surface area contributed by atoms with Crippen molar-refractivity contribution < 1.29 is 9.90 Å². The Bertz CT molecular complexity index is 470. The molecular formula is C9H7N3O2S. The van der Waals surface area contributed by atoms with E-state index in [9.17, 15) is 4.79 Å². The normalized spacial score (nSPS) is 9.87. The van der Waals surface area contributed by atoms with Gasteiger partial charge >= 0.3 is 5.97 Å². The lowest BCUT2D eigenvalue weighted by atomic mass is 10.3. The van der Waals surface area contributed by atoms with Crippen LogP contribution < -0.4 is 5.32 Å². The van der Waals surface area contributed by atoms with E-state index < -0.39 is 5.97 Å². The lowest BCUT2D eigenvalue weighted by molar-refractivity contribution is 0.0691. The summed E-state index contributed by atoms with van der Waals surface area (Å²) < 4.78 is 0. The van der Waals surface area contributed by atoms with Gasteiger partial charge in [-0.1, -0.05) is 0 Å². The fraction of sp³-hybridized carbons (Fsp3) is 0. The standard InChI is InChI=1S/C9H7N3O2S/c13-8(14)7-6(2-1-3-10-7)12-9-11-4-5-15-9/h1-5H,(H,11,12)(H,13,14). The summed E-state index contributed by atoms with van der Waals surface area (Å²) in [7, 11) is 0. The van der Waals surface area contributed by atoms with Crippen LogP contribution in [0.25, 0.3) is 0 Å². The fourth-order valence-corrected chi connectivity index (χ4v) is 1.62. The molecule has 0 aliphatic heterocycles. The van der Waals surface area contributed by atoms with Gasteiger partial charge in [-0.25, -0.2) is 14.8 Å². The molecule has 15 heavy (non-hydrogen) atoms. The Kier molecular flexibility index (Phi) is 2.59. The first kappa shape index (κ1) is 9.60. The highest BCUT2D eigenvalue weighted by atomic mass is 32.1. The minimum absolute atomic E-state index is 0.00676. The molecule has 0 unspecified atom stereocenters. The van der Waals surface area contributed by atoms with E-state index in [4.69, 9.17) is 5.11 Å². The van der Waals surface area contributed by atoms with Crippen LogP contribution in [0.2, 0.25) is 0 Å². The van der Waals surface area contributed by atoms with Gasteiger partial charge in [0.25, 0.3) is 0 Å². The van der Waals surface area contributed by atoms with Crippen LogP contribution in [0.1, 0.15) is 10.5 Å². The summed E-state index contributed by atoms with van der Waals surface area (Å²) in [5.41, 5.74) is 0.438. The molecule has 0 spiro atoms. The molecule has 0 radical (unpaired) electrons. The second-order valence-electron chi connectivity index (χ2n) is 2.67. The van der Waals surface area contributed by atoms with Crippen LogP contribution >= 0.6 is 11.3 Å². The van der Waals surface area contributed by atoms with Gasteiger partial charge in [-0.2, -0.15) is 0 Å². The zero-order chi connectivity index (χ0) is 10.7. The van der Waals surface area contributed by atoms with Crippen molar-refractivity contribution >= 4 is 28.1 Å². The molecule has 0 bridgehead atoms. The highest BCUT2D eigenvalue weighted by molar-refractivity contribution is 7.13. The first-order chi connectivity index (χ1) is 7.27. The number of anilines is 2. The summed E-state index contributed by atoms with van der Waals surface area (Å²) in [6.07, 6.45) is 3.08. The SMILES string of the molecule is O=C(O)c1ncccc1Nc1nccs1. The van der Waals surface area contributed by atoms with Gasteiger partial charge in [0.2, 0.25) is 0 Å². The van der Waals surface area contributed by atoms with Crippen LogP contribution in [0, 0.1) is 0 Å². The molecule has 2 rings (SSSR count). The summed E-state index contributed by atoms with van der Waals surface area (Å²) in [6, 6.07) is 3.32. The molecule has 2 heterocycles. The third-order valence-electron chi connectivity index (χ3n) is 1.68. The van der Waals surface area contributed by atoms with E-state index in [0.29, 0.717) is 10.8 Å². The van der Waals surface area contributed by atoms with Crippen molar-refractivity contribution in [1.82, 2.24) is 9.97 Å². The molecule has 0 amide bonds. The van der Waals surface area contributed by atoms with Gasteiger partial charge in [0, 0.05) is 17.8 Å². The zero-order valence-corrected chi connectivity index (χ0v) is 8.36. The average Bonchev–Trinajstić information content (AvgIpc) is 2.71. The third kappa shape index (κ3) is 2.10. The molecule has 0 saturated heterocycles. The number of nitrogens with one attached hydrogen (secondary N) is 1. The van der Waals surface area contributed by atoms with Gasteiger partial charge < -0.3 is 10.4 Å². The topological polar surface area (TPSA) is 75.1 Å². The number of carboxylic acids is 1. The first-order valence-electron chi connectivity index (χ1n) is 4.12. The van der Waals surface area contributed by atoms with Crippen LogP contribution in [0.5, 0.6) is 0 Å². The lowest BCUT2D eigenvalue weighted by Gasteiger charge is -2.04. The number of rotatable bonds is 3. The number of carbonyl (C=O) groups is 1. The zero-order valence-electron chi connectivity index (χ0n) is 7.54. The van der Waals surface area contributed by atoms with Crippen molar-refractivity contribution in [2.75, 3.05) is 5.32 Å². The van der Waals surface area contributed by atoms with Crippen molar-refractivity contribution in [1.29, 1.82) is 0 Å². The van der Waals surface area contributed by atoms with Gasteiger partial charge in [-0.3, -0.25) is 0 Å². The van der Waals surface area contributed by atoms with Gasteiger partial charge in [0.1, 0.15) is 0 Å². The molecule has 2 aromatic rings. The molecule has 6 heteroatoms. The smallest absolute Gasteiger partial charge is 0.356 e. The van der Waals surface area contributed by atoms with E-state index in [2.05, 4.69) is 15.3 Å². The highest BCUT2D eigenvalue weighted by Gasteiger charge is 2.11. The van der Waals surface area contributed by atoms with Gasteiger partial charge in [0.15, 0.2) is 10.8 Å². The number of aromatic carboxylic acids is 1. The molecule has 2 N–H and O–H groups in total. The van der Waals surface area contributed by atoms with E-state index in [1.54, 1.807) is 23.7 Å². The van der Waals surface area contributed by atoms with Crippen molar-refractivity contribution in [3.05, 3.63) is 35.6 Å². The second-order valence-corrected chi connectivity index (χ2v) is 3.56. The number of nitrogens with zero attached hydrogens (tertiary/aromatic N) is 2. The van der Waals surface area contributed by atoms with E-state index >= 15 is 0 Å². The summed E-state index contributed by atoms with van der Waals surface area (Å²) >= 11 is 1.40. The molecule has 0 aromatic carbocycles. The lowest BCUT2D eigenvalue weighted by Crippen LogP contribution is -2.04. The van der Waals surface area contributed by atoms with Crippen molar-refractivity contribution in [2.45, 2.75) is 0 Å². The van der Waals surface area contributed by atoms with Gasteiger partial charge in [-0.05, 0) is 12.1 Å². The number of thiazole rings is 1. The number of pyridine rings is 1. The number of carboxylic acid groups (broad SMARTS) is 1. The molecular weight excluding hydrogens is 214 g/mol. The number of aromatic nitrogens is 2. The predicted molar refractivity (Wildman–Crippen MR) is 56.6 cm³/mol. The van der Waals surface area contributed by atoms with E-state index in [1.807, 2.05) is 0 Å². The summed E-state index contributed by atoms with van der Waals surface area (Å²) in [5, 5.41) is 14.2. The van der Waals surface area contributed by atoms with E-state index in [1.165, 1.54) is 17.5 Å². The largest absolute Gasteiger partial charge is 0.476 e. The molecule has 0 aliphatic carbocycles. The molecule has 0 atom stereocenters. The third-order valence-corrected chi connectivity index (χ3v) is 2.37. The summed E-state index contributed by atoms with van der Waals surface area (Å²) in [5.74, 6) is -1.06. The maximum atomic E-state index is 10.8. The fourth-order valence-electron chi connectivity index (χ4n) is 1.08. The maximum Gasteiger partial charge on any atom is 0.356 e. The molecule has 5 nitrogen and oxygen atoms in total. The van der Waals surface area contributed by atoms with Crippen LogP contribution in [-0.4, -0.2) is 21.0 Å². The summed E-state index contributed by atoms with van der Waals surface area (Å²) in [4.78, 5) is 18.6. The Morgan fingerprint density at radius 2 is 2.27 bits per heavy atom. The minimum atomic E-state index is -1.06. The van der Waals surface area contributed by atoms with Crippen LogP contribution in [-0.2, 0) is 0 Å². The molecule has 76 valence electrons. The Balaban J connectivity index is 2.32. The predicted octanol–water partition coefficient (Wildman–Crippen LogP) is 1.98. The monoisotopic (exact) mass is 221 g/mol. The van der Waals surface area contributed by atoms with Crippen LogP contribution in [0.4, 0.5) is 10.8 Å². The van der Waals surface area contributed by atoms with Crippen LogP contribution in [0.15, 0.2) is 29.9 Å². The van der Waals surface area contributed by atoms with Gasteiger partial charge in [-0.15, -0.1) is 11.3 Å². The van der Waals surface area contributed by atoms with E-state index in [0.717, 1.165) is 0 Å². The minimum Gasteiger partial charge on any atom is -0.476 e. The Morgan fingerprint density at radius 3 is 2.93 bits per heavy atom. The molecule has 0 aliphatic rings. The van der Waals surface area contributed by atoms with Crippen molar-refractivity contribution in [2.24, 2.45) is 0 Å². The quantitative estimate of drug-likeness (QED) is 0.828. The van der Waals surface area contributed by atoms with Crippen molar-refractivity contribution in [3.8, 4) is 0 Å².